The number of hydrogen-bond acceptors (Lipinski definition) is 5. The van der Waals surface area contributed by atoms with Crippen LogP contribution < -0.4 is 5.32 Å². The first-order valence-electron chi connectivity index (χ1n) is 5.45. The number of hydrogen-bond donors (Lipinski definition) is 2. The Hall–Kier alpha value is -1.17. The van der Waals surface area contributed by atoms with E-state index in [1.165, 1.54) is 0 Å². The van der Waals surface area contributed by atoms with Crippen LogP contribution in [0.4, 0.5) is 5.82 Å². The number of aliphatic hydroxyl groups excluding tert-OH is 1. The zero-order valence-corrected chi connectivity index (χ0v) is 8.74. The van der Waals surface area contributed by atoms with Crippen LogP contribution >= 0.6 is 0 Å². The highest BCUT2D eigenvalue weighted by Gasteiger charge is 2.45. The summed E-state index contributed by atoms with van der Waals surface area (Å²) in [6, 6.07) is 5.66. The lowest BCUT2D eigenvalue weighted by Gasteiger charge is -2.16. The lowest BCUT2D eigenvalue weighted by Crippen LogP contribution is -2.29. The molecule has 16 heavy (non-hydrogen) atoms. The Balaban J connectivity index is 1.63. The first-order valence-corrected chi connectivity index (χ1v) is 5.45. The van der Waals surface area contributed by atoms with E-state index in [4.69, 9.17) is 9.47 Å². The fourth-order valence-electron chi connectivity index (χ4n) is 2.20. The lowest BCUT2D eigenvalue weighted by atomic mass is 10.1. The van der Waals surface area contributed by atoms with Gasteiger partial charge in [0.05, 0.1) is 12.7 Å². The Kier molecular flexibility index (Phi) is 2.51. The molecule has 0 amide bonds. The number of fused-ring (bicyclic) bond motifs is 1. The number of rotatable bonds is 2. The third-order valence-corrected chi connectivity index (χ3v) is 2.97. The van der Waals surface area contributed by atoms with Crippen molar-refractivity contribution in [2.45, 2.75) is 31.0 Å². The van der Waals surface area contributed by atoms with E-state index in [9.17, 15) is 5.11 Å². The van der Waals surface area contributed by atoms with Crippen molar-refractivity contribution in [3.8, 4) is 0 Å². The van der Waals surface area contributed by atoms with Crippen molar-refractivity contribution >= 4 is 5.82 Å². The van der Waals surface area contributed by atoms with Gasteiger partial charge in [0.1, 0.15) is 24.3 Å². The molecular weight excluding hydrogens is 208 g/mol. The Labute approximate surface area is 93.4 Å². The molecule has 0 saturated carbocycles. The fourth-order valence-corrected chi connectivity index (χ4v) is 2.20. The highest BCUT2D eigenvalue weighted by Crippen LogP contribution is 2.30. The van der Waals surface area contributed by atoms with Crippen LogP contribution in [-0.2, 0) is 9.47 Å². The van der Waals surface area contributed by atoms with Crippen LogP contribution in [0.15, 0.2) is 24.4 Å². The number of nitrogens with zero attached hydrogens (tertiary/aromatic N) is 1. The molecule has 1 aromatic rings. The van der Waals surface area contributed by atoms with E-state index in [1.807, 2.05) is 18.2 Å². The van der Waals surface area contributed by atoms with E-state index in [1.54, 1.807) is 6.20 Å². The minimum atomic E-state index is -0.500. The molecule has 0 aliphatic carbocycles. The van der Waals surface area contributed by atoms with Crippen molar-refractivity contribution in [3.63, 3.8) is 0 Å². The number of aliphatic hydroxyl groups is 1. The van der Waals surface area contributed by atoms with Gasteiger partial charge in [-0.25, -0.2) is 4.98 Å². The summed E-state index contributed by atoms with van der Waals surface area (Å²) in [4.78, 5) is 4.16. The molecule has 86 valence electrons. The summed E-state index contributed by atoms with van der Waals surface area (Å²) in [5.41, 5.74) is 0. The Morgan fingerprint density at radius 2 is 2.38 bits per heavy atom. The molecule has 2 saturated heterocycles. The molecule has 2 aliphatic heterocycles. The van der Waals surface area contributed by atoms with Crippen LogP contribution in [0.3, 0.4) is 0 Å². The van der Waals surface area contributed by atoms with Gasteiger partial charge in [-0.2, -0.15) is 0 Å². The molecular formula is C11H14N2O3. The number of anilines is 1. The Morgan fingerprint density at radius 1 is 1.44 bits per heavy atom. The number of ether oxygens (including phenoxy) is 2. The summed E-state index contributed by atoms with van der Waals surface area (Å²) in [7, 11) is 0. The SMILES string of the molecule is O[C@H]1CO[C@@H]2C[C@@H](Nc3ccccn3)O[C@H]12. The van der Waals surface area contributed by atoms with Gasteiger partial charge in [0.25, 0.3) is 0 Å². The van der Waals surface area contributed by atoms with Gasteiger partial charge < -0.3 is 19.9 Å². The van der Waals surface area contributed by atoms with Crippen molar-refractivity contribution in [3.05, 3.63) is 24.4 Å². The van der Waals surface area contributed by atoms with Crippen molar-refractivity contribution in [1.29, 1.82) is 0 Å². The zero-order chi connectivity index (χ0) is 11.0. The van der Waals surface area contributed by atoms with Crippen molar-refractivity contribution < 1.29 is 14.6 Å². The minimum absolute atomic E-state index is 0.0104. The third-order valence-electron chi connectivity index (χ3n) is 2.97. The number of nitrogens with one attached hydrogen (secondary N) is 1. The summed E-state index contributed by atoms with van der Waals surface area (Å²) < 4.78 is 11.1. The quantitative estimate of drug-likeness (QED) is 0.757. The Bertz CT molecular complexity index is 360. The normalized spacial score (nSPS) is 37.3. The second kappa shape index (κ2) is 4.01. The number of aromatic nitrogens is 1. The van der Waals surface area contributed by atoms with Crippen LogP contribution in [0, 0.1) is 0 Å². The molecule has 5 nitrogen and oxygen atoms in total. The molecule has 1 aromatic heterocycles. The summed E-state index contributed by atoms with van der Waals surface area (Å²) in [5, 5.41) is 12.8. The molecule has 3 rings (SSSR count). The van der Waals surface area contributed by atoms with Gasteiger partial charge in [-0.1, -0.05) is 6.07 Å². The average molecular weight is 222 g/mol. The summed E-state index contributed by atoms with van der Waals surface area (Å²) >= 11 is 0. The van der Waals surface area contributed by atoms with Crippen LogP contribution in [0.2, 0.25) is 0 Å². The standard InChI is InChI=1S/C11H14N2O3/c14-7-6-15-8-5-10(16-11(7)8)13-9-3-1-2-4-12-9/h1-4,7-8,10-11,14H,5-6H2,(H,12,13)/t7-,8+,10-,11+/m0/s1. The van der Waals surface area contributed by atoms with Crippen LogP contribution in [0.1, 0.15) is 6.42 Å². The van der Waals surface area contributed by atoms with Crippen LogP contribution in [0.25, 0.3) is 0 Å². The Morgan fingerprint density at radius 3 is 3.12 bits per heavy atom. The summed E-state index contributed by atoms with van der Waals surface area (Å²) in [6.45, 7) is 0.381. The largest absolute Gasteiger partial charge is 0.388 e. The number of pyridine rings is 1. The van der Waals surface area contributed by atoms with Crippen molar-refractivity contribution in [2.75, 3.05) is 11.9 Å². The van der Waals surface area contributed by atoms with E-state index >= 15 is 0 Å². The van der Waals surface area contributed by atoms with Gasteiger partial charge in [0.15, 0.2) is 0 Å². The van der Waals surface area contributed by atoms with Gasteiger partial charge in [-0.15, -0.1) is 0 Å². The maximum absolute atomic E-state index is 9.59. The monoisotopic (exact) mass is 222 g/mol. The predicted molar refractivity (Wildman–Crippen MR) is 56.9 cm³/mol. The second-order valence-electron chi connectivity index (χ2n) is 4.12. The molecule has 0 aromatic carbocycles. The van der Waals surface area contributed by atoms with Gasteiger partial charge in [0.2, 0.25) is 0 Å². The van der Waals surface area contributed by atoms with Gasteiger partial charge in [-0.3, -0.25) is 0 Å². The molecule has 0 unspecified atom stereocenters. The smallest absolute Gasteiger partial charge is 0.132 e. The molecule has 5 heteroatoms. The topological polar surface area (TPSA) is 63.6 Å². The van der Waals surface area contributed by atoms with E-state index in [2.05, 4.69) is 10.3 Å². The van der Waals surface area contributed by atoms with Gasteiger partial charge in [-0.05, 0) is 12.1 Å². The van der Waals surface area contributed by atoms with E-state index in [0.29, 0.717) is 6.61 Å². The molecule has 2 aliphatic rings. The van der Waals surface area contributed by atoms with E-state index in [0.717, 1.165) is 12.2 Å². The molecule has 4 atom stereocenters. The highest BCUT2D eigenvalue weighted by molar-refractivity contribution is 5.34. The first-order chi connectivity index (χ1) is 7.83. The highest BCUT2D eigenvalue weighted by atomic mass is 16.6. The van der Waals surface area contributed by atoms with E-state index < -0.39 is 6.10 Å². The van der Waals surface area contributed by atoms with Crippen LogP contribution in [-0.4, -0.2) is 41.2 Å². The molecule has 2 fully saturated rings. The maximum Gasteiger partial charge on any atom is 0.132 e. The first kappa shape index (κ1) is 10.0. The maximum atomic E-state index is 9.59. The fraction of sp³-hybridized carbons (Fsp3) is 0.545. The van der Waals surface area contributed by atoms with E-state index in [-0.39, 0.29) is 18.4 Å². The van der Waals surface area contributed by atoms with Crippen molar-refractivity contribution in [2.24, 2.45) is 0 Å². The average Bonchev–Trinajstić information content (AvgIpc) is 2.83. The third kappa shape index (κ3) is 1.77. The second-order valence-corrected chi connectivity index (χ2v) is 4.12. The summed E-state index contributed by atoms with van der Waals surface area (Å²) in [6.07, 6.45) is 1.67. The molecule has 0 radical (unpaired) electrons. The van der Waals surface area contributed by atoms with Crippen molar-refractivity contribution in [1.82, 2.24) is 4.98 Å². The lowest BCUT2D eigenvalue weighted by molar-refractivity contribution is -0.00959. The minimum Gasteiger partial charge on any atom is -0.388 e. The zero-order valence-electron chi connectivity index (χ0n) is 8.74. The van der Waals surface area contributed by atoms with Gasteiger partial charge in [0, 0.05) is 12.6 Å². The summed E-state index contributed by atoms with van der Waals surface area (Å²) in [5.74, 6) is 0.780. The van der Waals surface area contributed by atoms with Gasteiger partial charge >= 0.3 is 0 Å². The molecule has 0 spiro atoms. The van der Waals surface area contributed by atoms with Crippen LogP contribution in [0.5, 0.6) is 0 Å². The predicted octanol–water partition coefficient (Wildman–Crippen LogP) is 0.368. The molecule has 0 bridgehead atoms. The molecule has 3 heterocycles. The molecule has 2 N–H and O–H groups in total.